The Kier molecular flexibility index (Phi) is 6.23. The summed E-state index contributed by atoms with van der Waals surface area (Å²) in [4.78, 5) is 16.5. The number of hydrogen-bond donors (Lipinski definition) is 2. The highest BCUT2D eigenvalue weighted by Crippen LogP contribution is 2.32. The number of carbonyl (C=O) groups is 1. The van der Waals surface area contributed by atoms with E-state index >= 15 is 0 Å². The maximum Gasteiger partial charge on any atom is 0.231 e. The van der Waals surface area contributed by atoms with Crippen LogP contribution in [0, 0.1) is 5.92 Å². The number of amides is 1. The molecule has 2 aromatic rings. The molecule has 0 spiro atoms. The van der Waals surface area contributed by atoms with Crippen LogP contribution in [-0.2, 0) is 11.3 Å². The number of hydrogen-bond acceptors (Lipinski definition) is 6. The van der Waals surface area contributed by atoms with Gasteiger partial charge in [-0.3, -0.25) is 15.2 Å². The smallest absolute Gasteiger partial charge is 0.231 e. The number of hydrazone groups is 1. The largest absolute Gasteiger partial charge is 0.454 e. The highest BCUT2D eigenvalue weighted by atomic mass is 32.2. The molecular formula is C22H24N4O3S. The summed E-state index contributed by atoms with van der Waals surface area (Å²) < 4.78 is 10.7. The Hall–Kier alpha value is -3.00. The first-order chi connectivity index (χ1) is 14.6. The molecule has 2 aliphatic heterocycles. The fraction of sp³-hybridized carbons (Fsp3) is 0.318. The van der Waals surface area contributed by atoms with E-state index in [4.69, 9.17) is 9.47 Å². The number of thioether (sulfide) groups is 1. The lowest BCUT2D eigenvalue weighted by atomic mass is 10.1. The van der Waals surface area contributed by atoms with Crippen LogP contribution in [0.3, 0.4) is 0 Å². The minimum atomic E-state index is 0.0355. The predicted octanol–water partition coefficient (Wildman–Crippen LogP) is 4.00. The molecule has 0 fully saturated rings. The van der Waals surface area contributed by atoms with E-state index in [1.165, 1.54) is 0 Å². The Bertz CT molecular complexity index is 986. The molecule has 2 heterocycles. The summed E-state index contributed by atoms with van der Waals surface area (Å²) in [6, 6.07) is 13.6. The van der Waals surface area contributed by atoms with Crippen LogP contribution >= 0.6 is 11.8 Å². The molecule has 4 rings (SSSR count). The van der Waals surface area contributed by atoms with E-state index in [1.54, 1.807) is 11.8 Å². The number of nitrogens with zero attached hydrogens (tertiary/aromatic N) is 2. The van der Waals surface area contributed by atoms with Crippen molar-refractivity contribution in [1.82, 2.24) is 5.43 Å². The molecule has 2 N–H and O–H groups in total. The second kappa shape index (κ2) is 9.21. The van der Waals surface area contributed by atoms with Crippen LogP contribution in [0.15, 0.2) is 52.6 Å². The van der Waals surface area contributed by atoms with Gasteiger partial charge in [-0.15, -0.1) is 0 Å². The van der Waals surface area contributed by atoms with Crippen molar-refractivity contribution in [2.45, 2.75) is 26.8 Å². The Morgan fingerprint density at radius 1 is 1.20 bits per heavy atom. The molecule has 0 unspecified atom stereocenters. The van der Waals surface area contributed by atoms with Crippen molar-refractivity contribution >= 4 is 34.2 Å². The minimum absolute atomic E-state index is 0.0355. The van der Waals surface area contributed by atoms with Crippen molar-refractivity contribution in [2.75, 3.05) is 17.9 Å². The van der Waals surface area contributed by atoms with Crippen molar-refractivity contribution < 1.29 is 14.3 Å². The van der Waals surface area contributed by atoms with Gasteiger partial charge in [-0.25, -0.2) is 0 Å². The van der Waals surface area contributed by atoms with Crippen molar-refractivity contribution in [3.63, 3.8) is 0 Å². The molecule has 1 amide bonds. The van der Waals surface area contributed by atoms with Gasteiger partial charge in [-0.2, -0.15) is 5.10 Å². The maximum atomic E-state index is 11.9. The Balaban J connectivity index is 1.33. The van der Waals surface area contributed by atoms with E-state index in [0.717, 1.165) is 44.9 Å². The molecule has 0 atom stereocenters. The van der Waals surface area contributed by atoms with Crippen LogP contribution in [0.5, 0.6) is 11.5 Å². The lowest BCUT2D eigenvalue weighted by molar-refractivity contribution is -0.116. The highest BCUT2D eigenvalue weighted by Gasteiger charge is 2.15. The van der Waals surface area contributed by atoms with Gasteiger partial charge in [0.1, 0.15) is 0 Å². The summed E-state index contributed by atoms with van der Waals surface area (Å²) in [5.74, 6) is 2.64. The molecule has 2 aromatic carbocycles. The van der Waals surface area contributed by atoms with Crippen LogP contribution in [0.1, 0.15) is 31.4 Å². The van der Waals surface area contributed by atoms with Crippen molar-refractivity contribution in [3.05, 3.63) is 53.6 Å². The lowest BCUT2D eigenvalue weighted by Gasteiger charge is -2.15. The fourth-order valence-electron chi connectivity index (χ4n) is 3.08. The predicted molar refractivity (Wildman–Crippen MR) is 120 cm³/mol. The standard InChI is InChI=1S/C22H24N4O3S/c1-14(2)9-21(27)24-17-6-4-16(5-7-17)18-12-30-22(26-25-18)23-11-15-3-8-19-20(10-15)29-13-28-19/h3-8,10,14H,9,11-13H2,1-2H3,(H,23,26)(H,24,27). The molecule has 0 aliphatic carbocycles. The molecule has 8 heteroatoms. The van der Waals surface area contributed by atoms with E-state index in [0.29, 0.717) is 18.9 Å². The van der Waals surface area contributed by atoms with Gasteiger partial charge in [0.25, 0.3) is 0 Å². The number of anilines is 1. The lowest BCUT2D eigenvalue weighted by Crippen LogP contribution is -2.25. The number of aliphatic imine (C=N–C) groups is 1. The average molecular weight is 425 g/mol. The molecule has 156 valence electrons. The van der Waals surface area contributed by atoms with E-state index in [1.807, 2.05) is 56.3 Å². The SMILES string of the molecule is CC(C)CC(=O)Nc1ccc(C2=NNC(=NCc3ccc4c(c3)OCO4)SC2)cc1. The number of nitrogens with one attached hydrogen (secondary N) is 2. The van der Waals surface area contributed by atoms with E-state index in [9.17, 15) is 4.79 Å². The second-order valence-electron chi connectivity index (χ2n) is 7.49. The number of benzene rings is 2. The molecule has 0 saturated carbocycles. The van der Waals surface area contributed by atoms with Crippen LogP contribution in [0.4, 0.5) is 5.69 Å². The zero-order valence-electron chi connectivity index (χ0n) is 17.0. The second-order valence-corrected chi connectivity index (χ2v) is 8.46. The average Bonchev–Trinajstić information content (AvgIpc) is 3.20. The zero-order valence-corrected chi connectivity index (χ0v) is 17.8. The minimum Gasteiger partial charge on any atom is -0.454 e. The number of ether oxygens (including phenoxy) is 2. The first-order valence-electron chi connectivity index (χ1n) is 9.85. The molecule has 0 radical (unpaired) electrons. The molecular weight excluding hydrogens is 400 g/mol. The third-order valence-corrected chi connectivity index (χ3v) is 5.48. The fourth-order valence-corrected chi connectivity index (χ4v) is 3.85. The van der Waals surface area contributed by atoms with Gasteiger partial charge in [0.2, 0.25) is 12.7 Å². The number of rotatable bonds is 6. The van der Waals surface area contributed by atoms with Crippen LogP contribution in [-0.4, -0.2) is 29.3 Å². The number of amidine groups is 1. The Labute approximate surface area is 179 Å². The summed E-state index contributed by atoms with van der Waals surface area (Å²) in [6.07, 6.45) is 0.517. The van der Waals surface area contributed by atoms with Gasteiger partial charge in [-0.1, -0.05) is 43.8 Å². The van der Waals surface area contributed by atoms with Gasteiger partial charge in [0.05, 0.1) is 12.3 Å². The molecule has 0 aromatic heterocycles. The third kappa shape index (κ3) is 5.13. The van der Waals surface area contributed by atoms with Gasteiger partial charge < -0.3 is 14.8 Å². The highest BCUT2D eigenvalue weighted by molar-refractivity contribution is 8.14. The van der Waals surface area contributed by atoms with E-state index in [-0.39, 0.29) is 12.7 Å². The topological polar surface area (TPSA) is 84.3 Å². The summed E-state index contributed by atoms with van der Waals surface area (Å²) >= 11 is 1.61. The summed E-state index contributed by atoms with van der Waals surface area (Å²) in [5, 5.41) is 8.17. The number of carbonyl (C=O) groups excluding carboxylic acids is 1. The van der Waals surface area contributed by atoms with E-state index < -0.39 is 0 Å². The molecule has 0 saturated heterocycles. The quantitative estimate of drug-likeness (QED) is 0.732. The van der Waals surface area contributed by atoms with Crippen LogP contribution in [0.25, 0.3) is 0 Å². The van der Waals surface area contributed by atoms with Gasteiger partial charge in [-0.05, 0) is 41.3 Å². The number of fused-ring (bicyclic) bond motifs is 1. The summed E-state index contributed by atoms with van der Waals surface area (Å²) in [6.45, 7) is 4.87. The van der Waals surface area contributed by atoms with Crippen LogP contribution < -0.4 is 20.2 Å². The molecule has 7 nitrogen and oxygen atoms in total. The van der Waals surface area contributed by atoms with Gasteiger partial charge in [0, 0.05) is 17.9 Å². The monoisotopic (exact) mass is 424 g/mol. The Morgan fingerprint density at radius 2 is 2.00 bits per heavy atom. The first kappa shape index (κ1) is 20.3. The van der Waals surface area contributed by atoms with Crippen molar-refractivity contribution in [3.8, 4) is 11.5 Å². The summed E-state index contributed by atoms with van der Waals surface area (Å²) in [7, 11) is 0. The zero-order chi connectivity index (χ0) is 20.9. The van der Waals surface area contributed by atoms with Gasteiger partial charge in [0.15, 0.2) is 16.7 Å². The Morgan fingerprint density at radius 3 is 2.73 bits per heavy atom. The van der Waals surface area contributed by atoms with E-state index in [2.05, 4.69) is 20.8 Å². The molecule has 30 heavy (non-hydrogen) atoms. The van der Waals surface area contributed by atoms with Crippen molar-refractivity contribution in [2.24, 2.45) is 16.0 Å². The molecule has 0 bridgehead atoms. The molecule has 2 aliphatic rings. The van der Waals surface area contributed by atoms with Crippen LogP contribution in [0.2, 0.25) is 0 Å². The third-order valence-electron chi connectivity index (χ3n) is 4.57. The van der Waals surface area contributed by atoms with Crippen molar-refractivity contribution in [1.29, 1.82) is 0 Å². The van der Waals surface area contributed by atoms with Gasteiger partial charge >= 0.3 is 0 Å². The maximum absolute atomic E-state index is 11.9. The summed E-state index contributed by atoms with van der Waals surface area (Å²) in [5.41, 5.74) is 6.85. The normalized spacial score (nSPS) is 16.4. The first-order valence-corrected chi connectivity index (χ1v) is 10.8.